The van der Waals surface area contributed by atoms with Crippen molar-refractivity contribution in [1.29, 1.82) is 0 Å². The fourth-order valence-corrected chi connectivity index (χ4v) is 2.49. The lowest BCUT2D eigenvalue weighted by molar-refractivity contribution is -0.267. The first-order valence-corrected chi connectivity index (χ1v) is 8.12. The van der Waals surface area contributed by atoms with Gasteiger partial charge in [-0.25, -0.2) is 9.18 Å². The van der Waals surface area contributed by atoms with E-state index in [0.717, 1.165) is 35.2 Å². The number of carbonyl (C=O) groups is 2. The van der Waals surface area contributed by atoms with Crippen molar-refractivity contribution >= 4 is 17.6 Å². The van der Waals surface area contributed by atoms with Crippen molar-refractivity contribution in [3.63, 3.8) is 0 Å². The van der Waals surface area contributed by atoms with Gasteiger partial charge in [-0.3, -0.25) is 4.79 Å². The number of nitrogens with zero attached hydrogens (tertiary/aromatic N) is 1. The highest BCUT2D eigenvalue weighted by Crippen LogP contribution is 2.40. The molecular weight excluding hydrogens is 382 g/mol. The van der Waals surface area contributed by atoms with Crippen LogP contribution in [0.25, 0.3) is 0 Å². The Balaban J connectivity index is 2.35. The summed E-state index contributed by atoms with van der Waals surface area (Å²) in [4.78, 5) is 25.2. The van der Waals surface area contributed by atoms with E-state index in [9.17, 15) is 32.3 Å². The van der Waals surface area contributed by atoms with Crippen LogP contribution in [0, 0.1) is 5.82 Å². The minimum absolute atomic E-state index is 0.0462. The summed E-state index contributed by atoms with van der Waals surface area (Å²) in [5.41, 5.74) is -4.38. The van der Waals surface area contributed by atoms with Crippen molar-refractivity contribution in [2.45, 2.75) is 18.7 Å². The minimum atomic E-state index is -5.32. The number of carbonyl (C=O) groups excluding carboxylic acids is 2. The summed E-state index contributed by atoms with van der Waals surface area (Å²) in [6, 6.07) is 8.92. The van der Waals surface area contributed by atoms with Crippen LogP contribution < -0.4 is 4.90 Å². The molecule has 0 aromatic heterocycles. The fourth-order valence-electron chi connectivity index (χ4n) is 2.49. The summed E-state index contributed by atoms with van der Waals surface area (Å²) in [5, 5.41) is 10.0. The van der Waals surface area contributed by atoms with Gasteiger partial charge in [-0.15, -0.1) is 0 Å². The van der Waals surface area contributed by atoms with Crippen LogP contribution in [-0.4, -0.2) is 36.8 Å². The second kappa shape index (κ2) is 7.97. The van der Waals surface area contributed by atoms with E-state index in [0.29, 0.717) is 0 Å². The van der Waals surface area contributed by atoms with Gasteiger partial charge >= 0.3 is 12.1 Å². The normalized spacial score (nSPS) is 13.5. The lowest BCUT2D eigenvalue weighted by Crippen LogP contribution is -2.50. The van der Waals surface area contributed by atoms with E-state index in [1.54, 1.807) is 0 Å². The molecule has 0 spiro atoms. The third-order valence-electron chi connectivity index (χ3n) is 4.03. The molecule has 0 aliphatic heterocycles. The number of rotatable bonds is 5. The lowest BCUT2D eigenvalue weighted by Gasteiger charge is -2.29. The zero-order chi connectivity index (χ0) is 21.1. The van der Waals surface area contributed by atoms with Gasteiger partial charge in [-0.1, -0.05) is 18.2 Å². The van der Waals surface area contributed by atoms with E-state index in [2.05, 4.69) is 4.74 Å². The molecule has 0 saturated heterocycles. The maximum atomic E-state index is 13.4. The molecule has 0 aliphatic carbocycles. The standard InChI is InChI=1S/C19H17F4NO4/c1-3-28-17(26)18(27,19(21,22)23)13-7-9-15(10-8-13)24(2)16(25)12-5-4-6-14(20)11-12/h4-11,27H,3H2,1-2H3/t18-/m0/s1. The number of amides is 1. The number of halogens is 4. The fraction of sp³-hybridized carbons (Fsp3) is 0.263. The van der Waals surface area contributed by atoms with Crippen LogP contribution in [0.15, 0.2) is 48.5 Å². The first-order valence-electron chi connectivity index (χ1n) is 8.12. The average molecular weight is 399 g/mol. The molecule has 2 aromatic rings. The van der Waals surface area contributed by atoms with Gasteiger partial charge in [-0.05, 0) is 37.3 Å². The molecule has 9 heteroatoms. The molecule has 0 bridgehead atoms. The molecule has 28 heavy (non-hydrogen) atoms. The highest BCUT2D eigenvalue weighted by atomic mass is 19.4. The zero-order valence-corrected chi connectivity index (χ0v) is 15.0. The monoisotopic (exact) mass is 399 g/mol. The number of esters is 1. The van der Waals surface area contributed by atoms with Crippen LogP contribution in [0.4, 0.5) is 23.2 Å². The summed E-state index contributed by atoms with van der Waals surface area (Å²) >= 11 is 0. The number of ether oxygens (including phenoxy) is 1. The highest BCUT2D eigenvalue weighted by molar-refractivity contribution is 6.05. The third kappa shape index (κ3) is 3.99. The van der Waals surface area contributed by atoms with Crippen LogP contribution in [0.1, 0.15) is 22.8 Å². The molecule has 0 radical (unpaired) electrons. The Bertz CT molecular complexity index is 867. The Kier molecular flexibility index (Phi) is 6.08. The first-order chi connectivity index (χ1) is 13.0. The predicted octanol–water partition coefficient (Wildman–Crippen LogP) is 3.42. The smallest absolute Gasteiger partial charge is 0.432 e. The van der Waals surface area contributed by atoms with Crippen molar-refractivity contribution in [2.75, 3.05) is 18.6 Å². The van der Waals surface area contributed by atoms with Crippen molar-refractivity contribution in [2.24, 2.45) is 0 Å². The third-order valence-corrected chi connectivity index (χ3v) is 4.03. The Hall–Kier alpha value is -2.94. The molecular formula is C19H17F4NO4. The number of hydrogen-bond acceptors (Lipinski definition) is 4. The highest BCUT2D eigenvalue weighted by Gasteiger charge is 2.62. The molecule has 0 unspecified atom stereocenters. The van der Waals surface area contributed by atoms with E-state index in [4.69, 9.17) is 0 Å². The molecule has 0 aliphatic rings. The summed E-state index contributed by atoms with van der Waals surface area (Å²) in [6.07, 6.45) is -5.32. The van der Waals surface area contributed by atoms with Gasteiger partial charge in [0.1, 0.15) is 5.82 Å². The molecule has 2 rings (SSSR count). The van der Waals surface area contributed by atoms with Gasteiger partial charge in [0.05, 0.1) is 6.61 Å². The second-order valence-corrected chi connectivity index (χ2v) is 5.85. The maximum Gasteiger partial charge on any atom is 0.432 e. The number of alkyl halides is 3. The van der Waals surface area contributed by atoms with Crippen LogP contribution in [0.5, 0.6) is 0 Å². The quantitative estimate of drug-likeness (QED) is 0.618. The van der Waals surface area contributed by atoms with E-state index in [-0.39, 0.29) is 17.9 Å². The maximum absolute atomic E-state index is 13.4. The minimum Gasteiger partial charge on any atom is -0.463 e. The summed E-state index contributed by atoms with van der Waals surface area (Å²) < 4.78 is 57.7. The molecule has 1 atom stereocenters. The van der Waals surface area contributed by atoms with Gasteiger partial charge in [0.2, 0.25) is 0 Å². The zero-order valence-electron chi connectivity index (χ0n) is 15.0. The molecule has 5 nitrogen and oxygen atoms in total. The molecule has 1 N–H and O–H groups in total. The summed E-state index contributed by atoms with van der Waals surface area (Å²) in [7, 11) is 1.35. The Morgan fingerprint density at radius 1 is 1.11 bits per heavy atom. The van der Waals surface area contributed by atoms with Crippen molar-refractivity contribution in [1.82, 2.24) is 0 Å². The molecule has 1 amide bonds. The van der Waals surface area contributed by atoms with Gasteiger partial charge in [0.15, 0.2) is 0 Å². The predicted molar refractivity (Wildman–Crippen MR) is 92.2 cm³/mol. The Labute approximate surface area is 158 Å². The van der Waals surface area contributed by atoms with E-state index in [1.807, 2.05) is 0 Å². The summed E-state index contributed by atoms with van der Waals surface area (Å²) in [6.45, 7) is 0.963. The molecule has 0 heterocycles. The van der Waals surface area contributed by atoms with Gasteiger partial charge in [-0.2, -0.15) is 13.2 Å². The van der Waals surface area contributed by atoms with Crippen LogP contribution in [0.2, 0.25) is 0 Å². The lowest BCUT2D eigenvalue weighted by atomic mass is 9.93. The van der Waals surface area contributed by atoms with E-state index in [1.165, 1.54) is 32.2 Å². The number of aliphatic hydroxyl groups is 1. The van der Waals surface area contributed by atoms with E-state index >= 15 is 0 Å². The van der Waals surface area contributed by atoms with Gasteiger partial charge < -0.3 is 14.7 Å². The van der Waals surface area contributed by atoms with Crippen LogP contribution in [-0.2, 0) is 15.1 Å². The molecule has 150 valence electrons. The first kappa shape index (κ1) is 21.4. The van der Waals surface area contributed by atoms with Gasteiger partial charge in [0, 0.05) is 23.9 Å². The topological polar surface area (TPSA) is 66.8 Å². The Morgan fingerprint density at radius 2 is 1.71 bits per heavy atom. The summed E-state index contributed by atoms with van der Waals surface area (Å²) in [5.74, 6) is -3.05. The number of benzene rings is 2. The Morgan fingerprint density at radius 3 is 2.21 bits per heavy atom. The largest absolute Gasteiger partial charge is 0.463 e. The molecule has 0 fully saturated rings. The SMILES string of the molecule is CCOC(=O)[C@@](O)(c1ccc(N(C)C(=O)c2cccc(F)c2)cc1)C(F)(F)F. The number of hydrogen-bond donors (Lipinski definition) is 1. The van der Waals surface area contributed by atoms with E-state index < -0.39 is 35.0 Å². The molecule has 2 aromatic carbocycles. The van der Waals surface area contributed by atoms with Crippen LogP contribution in [0.3, 0.4) is 0 Å². The van der Waals surface area contributed by atoms with Crippen LogP contribution >= 0.6 is 0 Å². The second-order valence-electron chi connectivity index (χ2n) is 5.85. The number of anilines is 1. The average Bonchev–Trinajstić information content (AvgIpc) is 2.65. The van der Waals surface area contributed by atoms with Crippen molar-refractivity contribution in [3.05, 3.63) is 65.5 Å². The molecule has 0 saturated carbocycles. The van der Waals surface area contributed by atoms with Gasteiger partial charge in [0.25, 0.3) is 11.5 Å². The van der Waals surface area contributed by atoms with Crippen molar-refractivity contribution < 1.29 is 37.0 Å². The van der Waals surface area contributed by atoms with Crippen molar-refractivity contribution in [3.8, 4) is 0 Å².